The van der Waals surface area contributed by atoms with Crippen LogP contribution in [0.1, 0.15) is 38.3 Å². The van der Waals surface area contributed by atoms with E-state index in [4.69, 9.17) is 10.5 Å². The molecule has 2 rings (SSSR count). The summed E-state index contributed by atoms with van der Waals surface area (Å²) < 4.78 is 5.79. The summed E-state index contributed by atoms with van der Waals surface area (Å²) in [6, 6.07) is 8.00. The number of fused-ring (bicyclic) bond motifs is 1. The summed E-state index contributed by atoms with van der Waals surface area (Å²) in [7, 11) is 0. The molecule has 0 radical (unpaired) electrons. The van der Waals surface area contributed by atoms with Crippen molar-refractivity contribution in [1.29, 1.82) is 0 Å². The molecule has 96 valence electrons. The summed E-state index contributed by atoms with van der Waals surface area (Å²) in [4.78, 5) is 4.42. The number of hydrogen-bond donors (Lipinski definition) is 1. The standard InChI is InChI=1S/C15H20N2O/c1-3-4-10-18-14-8-7-12(11(2)16)13-6-5-9-17-15(13)14/h5-9,11H,3-4,10,16H2,1-2H3. The maximum absolute atomic E-state index is 5.98. The third kappa shape index (κ3) is 2.62. The molecule has 0 spiro atoms. The number of rotatable bonds is 5. The number of nitrogens with zero attached hydrogens (tertiary/aromatic N) is 1. The minimum Gasteiger partial charge on any atom is -0.491 e. The average molecular weight is 244 g/mol. The van der Waals surface area contributed by atoms with E-state index in [1.54, 1.807) is 6.20 Å². The Morgan fingerprint density at radius 3 is 2.89 bits per heavy atom. The lowest BCUT2D eigenvalue weighted by atomic mass is 10.0. The Kier molecular flexibility index (Phi) is 4.15. The van der Waals surface area contributed by atoms with Crippen molar-refractivity contribution in [3.8, 4) is 5.75 Å². The Bertz CT molecular complexity index is 523. The Morgan fingerprint density at radius 2 is 2.17 bits per heavy atom. The summed E-state index contributed by atoms with van der Waals surface area (Å²) in [5, 5.41) is 1.08. The molecule has 0 aliphatic heterocycles. The Labute approximate surface area is 108 Å². The lowest BCUT2D eigenvalue weighted by Gasteiger charge is -2.13. The summed E-state index contributed by atoms with van der Waals surface area (Å²) in [5.41, 5.74) is 8.00. The molecule has 3 nitrogen and oxygen atoms in total. The molecule has 0 amide bonds. The van der Waals surface area contributed by atoms with Crippen LogP contribution in [0.15, 0.2) is 30.5 Å². The topological polar surface area (TPSA) is 48.1 Å². The van der Waals surface area contributed by atoms with Crippen molar-refractivity contribution < 1.29 is 4.74 Å². The van der Waals surface area contributed by atoms with Gasteiger partial charge in [0.25, 0.3) is 0 Å². The Morgan fingerprint density at radius 1 is 1.33 bits per heavy atom. The zero-order valence-electron chi connectivity index (χ0n) is 11.0. The van der Waals surface area contributed by atoms with Gasteiger partial charge in [-0.2, -0.15) is 0 Å². The lowest BCUT2D eigenvalue weighted by Crippen LogP contribution is -2.06. The van der Waals surface area contributed by atoms with Gasteiger partial charge in [-0.15, -0.1) is 0 Å². The first-order valence-electron chi connectivity index (χ1n) is 6.50. The summed E-state index contributed by atoms with van der Waals surface area (Å²) in [5.74, 6) is 0.850. The molecule has 2 N–H and O–H groups in total. The number of nitrogens with two attached hydrogens (primary N) is 1. The van der Waals surface area contributed by atoms with Crippen LogP contribution in [0.4, 0.5) is 0 Å². The first kappa shape index (κ1) is 12.8. The zero-order valence-corrected chi connectivity index (χ0v) is 11.0. The molecular formula is C15H20N2O. The van der Waals surface area contributed by atoms with Gasteiger partial charge in [-0.3, -0.25) is 4.98 Å². The molecule has 1 aromatic carbocycles. The summed E-state index contributed by atoms with van der Waals surface area (Å²) in [6.45, 7) is 4.87. The van der Waals surface area contributed by atoms with Crippen molar-refractivity contribution in [2.24, 2.45) is 5.73 Å². The number of pyridine rings is 1. The Hall–Kier alpha value is -1.61. The lowest BCUT2D eigenvalue weighted by molar-refractivity contribution is 0.312. The molecule has 3 heteroatoms. The SMILES string of the molecule is CCCCOc1ccc(C(C)N)c2cccnc12. The highest BCUT2D eigenvalue weighted by Gasteiger charge is 2.10. The van der Waals surface area contributed by atoms with Crippen molar-refractivity contribution in [3.05, 3.63) is 36.0 Å². The molecule has 1 atom stereocenters. The third-order valence-corrected chi connectivity index (χ3v) is 3.01. The molecule has 0 aliphatic rings. The molecule has 2 aromatic rings. The fourth-order valence-electron chi connectivity index (χ4n) is 2.01. The zero-order chi connectivity index (χ0) is 13.0. The monoisotopic (exact) mass is 244 g/mol. The van der Waals surface area contributed by atoms with E-state index in [2.05, 4.69) is 11.9 Å². The fraction of sp³-hybridized carbons (Fsp3) is 0.400. The molecule has 0 saturated heterocycles. The van der Waals surface area contributed by atoms with Crippen molar-refractivity contribution >= 4 is 10.9 Å². The fourth-order valence-corrected chi connectivity index (χ4v) is 2.01. The third-order valence-electron chi connectivity index (χ3n) is 3.01. The summed E-state index contributed by atoms with van der Waals surface area (Å²) >= 11 is 0. The normalized spacial score (nSPS) is 12.6. The maximum Gasteiger partial charge on any atom is 0.145 e. The quantitative estimate of drug-likeness (QED) is 0.820. The second-order valence-corrected chi connectivity index (χ2v) is 4.54. The van der Waals surface area contributed by atoms with E-state index < -0.39 is 0 Å². The van der Waals surface area contributed by atoms with Crippen LogP contribution in [0, 0.1) is 0 Å². The van der Waals surface area contributed by atoms with E-state index in [0.717, 1.165) is 41.7 Å². The van der Waals surface area contributed by atoms with Crippen LogP contribution in [0.25, 0.3) is 10.9 Å². The number of unbranched alkanes of at least 4 members (excludes halogenated alkanes) is 1. The molecule has 0 saturated carbocycles. The molecule has 0 bridgehead atoms. The predicted octanol–water partition coefficient (Wildman–Crippen LogP) is 3.43. The summed E-state index contributed by atoms with van der Waals surface area (Å²) in [6.07, 6.45) is 3.98. The van der Waals surface area contributed by atoms with Crippen LogP contribution in [0.5, 0.6) is 5.75 Å². The highest BCUT2D eigenvalue weighted by molar-refractivity contribution is 5.87. The average Bonchev–Trinajstić information content (AvgIpc) is 2.38. The molecule has 0 fully saturated rings. The van der Waals surface area contributed by atoms with E-state index in [0.29, 0.717) is 0 Å². The molecule has 18 heavy (non-hydrogen) atoms. The van der Waals surface area contributed by atoms with Gasteiger partial charge in [0.2, 0.25) is 0 Å². The number of benzene rings is 1. The van der Waals surface area contributed by atoms with Crippen LogP contribution in [-0.2, 0) is 0 Å². The minimum atomic E-state index is 0.00129. The Balaban J connectivity index is 2.41. The van der Waals surface area contributed by atoms with Gasteiger partial charge in [0.05, 0.1) is 6.61 Å². The first-order chi connectivity index (χ1) is 8.74. The van der Waals surface area contributed by atoms with E-state index >= 15 is 0 Å². The number of aromatic nitrogens is 1. The molecular weight excluding hydrogens is 224 g/mol. The first-order valence-corrected chi connectivity index (χ1v) is 6.50. The van der Waals surface area contributed by atoms with Gasteiger partial charge in [0, 0.05) is 17.6 Å². The van der Waals surface area contributed by atoms with Gasteiger partial charge in [0.1, 0.15) is 11.3 Å². The number of ether oxygens (including phenoxy) is 1. The molecule has 1 unspecified atom stereocenters. The maximum atomic E-state index is 5.98. The van der Waals surface area contributed by atoms with Crippen molar-refractivity contribution in [3.63, 3.8) is 0 Å². The molecule has 1 aromatic heterocycles. The predicted molar refractivity (Wildman–Crippen MR) is 74.7 cm³/mol. The van der Waals surface area contributed by atoms with Gasteiger partial charge in [-0.1, -0.05) is 25.5 Å². The second kappa shape index (κ2) is 5.83. The van der Waals surface area contributed by atoms with Crippen LogP contribution in [0.2, 0.25) is 0 Å². The van der Waals surface area contributed by atoms with E-state index in [1.807, 2.05) is 31.2 Å². The second-order valence-electron chi connectivity index (χ2n) is 4.54. The van der Waals surface area contributed by atoms with Crippen LogP contribution >= 0.6 is 0 Å². The highest BCUT2D eigenvalue weighted by atomic mass is 16.5. The van der Waals surface area contributed by atoms with E-state index in [1.165, 1.54) is 0 Å². The smallest absolute Gasteiger partial charge is 0.145 e. The molecule has 1 heterocycles. The van der Waals surface area contributed by atoms with Crippen molar-refractivity contribution in [2.45, 2.75) is 32.7 Å². The van der Waals surface area contributed by atoms with Gasteiger partial charge in [-0.25, -0.2) is 0 Å². The van der Waals surface area contributed by atoms with E-state index in [-0.39, 0.29) is 6.04 Å². The van der Waals surface area contributed by atoms with Gasteiger partial charge in [-0.05, 0) is 31.0 Å². The minimum absolute atomic E-state index is 0.00129. The number of hydrogen-bond acceptors (Lipinski definition) is 3. The largest absolute Gasteiger partial charge is 0.491 e. The molecule has 0 aliphatic carbocycles. The van der Waals surface area contributed by atoms with Gasteiger partial charge < -0.3 is 10.5 Å². The van der Waals surface area contributed by atoms with Crippen LogP contribution in [-0.4, -0.2) is 11.6 Å². The van der Waals surface area contributed by atoms with Gasteiger partial charge >= 0.3 is 0 Å². The van der Waals surface area contributed by atoms with Crippen molar-refractivity contribution in [2.75, 3.05) is 6.61 Å². The van der Waals surface area contributed by atoms with E-state index in [9.17, 15) is 0 Å². The van der Waals surface area contributed by atoms with Crippen LogP contribution < -0.4 is 10.5 Å². The van der Waals surface area contributed by atoms with Crippen LogP contribution in [0.3, 0.4) is 0 Å². The highest BCUT2D eigenvalue weighted by Crippen LogP contribution is 2.29. The van der Waals surface area contributed by atoms with Gasteiger partial charge in [0.15, 0.2) is 0 Å². The van der Waals surface area contributed by atoms with Crippen molar-refractivity contribution in [1.82, 2.24) is 4.98 Å².